The predicted molar refractivity (Wildman–Crippen MR) is 85.1 cm³/mol. The molecule has 1 fully saturated rings. The molecule has 1 aliphatic carbocycles. The summed E-state index contributed by atoms with van der Waals surface area (Å²) < 4.78 is 0.135. The van der Waals surface area contributed by atoms with E-state index < -0.39 is 4.92 Å². The van der Waals surface area contributed by atoms with Crippen molar-refractivity contribution in [1.82, 2.24) is 5.32 Å². The van der Waals surface area contributed by atoms with Crippen molar-refractivity contribution in [3.63, 3.8) is 0 Å². The Balaban J connectivity index is 2.15. The van der Waals surface area contributed by atoms with Crippen LogP contribution in [0.3, 0.4) is 0 Å². The number of anilines is 1. The molecule has 1 saturated carbocycles. The average molecular weight is 309 g/mol. The molecule has 2 N–H and O–H groups in total. The van der Waals surface area contributed by atoms with E-state index in [1.807, 2.05) is 0 Å². The van der Waals surface area contributed by atoms with Gasteiger partial charge in [0.1, 0.15) is 5.69 Å². The highest BCUT2D eigenvalue weighted by molar-refractivity contribution is 8.00. The second-order valence-corrected chi connectivity index (χ2v) is 6.40. The molecule has 0 saturated heterocycles. The second-order valence-electron chi connectivity index (χ2n) is 5.13. The van der Waals surface area contributed by atoms with Crippen molar-refractivity contribution in [2.45, 2.75) is 24.0 Å². The van der Waals surface area contributed by atoms with E-state index in [1.54, 1.807) is 24.9 Å². The molecule has 21 heavy (non-hydrogen) atoms. The number of nitro benzene ring substituents is 1. The first-order chi connectivity index (χ1) is 10.0. The normalized spacial score (nSPS) is 15.9. The number of carbonyl (C=O) groups is 1. The van der Waals surface area contributed by atoms with E-state index in [9.17, 15) is 14.9 Å². The van der Waals surface area contributed by atoms with Crippen LogP contribution in [0.4, 0.5) is 11.4 Å². The van der Waals surface area contributed by atoms with Crippen LogP contribution in [0, 0.1) is 10.1 Å². The van der Waals surface area contributed by atoms with E-state index in [2.05, 4.69) is 16.9 Å². The fraction of sp³-hybridized carbons (Fsp3) is 0.500. The maximum absolute atomic E-state index is 12.3. The maximum Gasteiger partial charge on any atom is 0.293 e. The molecule has 1 aliphatic rings. The number of thioether (sulfide) groups is 1. The average Bonchev–Trinajstić information content (AvgIpc) is 2.45. The highest BCUT2D eigenvalue weighted by atomic mass is 32.2. The number of carbonyl (C=O) groups excluding carboxylic acids is 1. The van der Waals surface area contributed by atoms with Gasteiger partial charge < -0.3 is 10.6 Å². The monoisotopic (exact) mass is 309 g/mol. The van der Waals surface area contributed by atoms with Gasteiger partial charge in [-0.2, -0.15) is 11.8 Å². The quantitative estimate of drug-likeness (QED) is 0.623. The molecule has 2 rings (SSSR count). The van der Waals surface area contributed by atoms with Gasteiger partial charge in [0.25, 0.3) is 11.6 Å². The van der Waals surface area contributed by atoms with Crippen LogP contribution in [0.25, 0.3) is 0 Å². The third-order valence-electron chi connectivity index (χ3n) is 4.00. The predicted octanol–water partition coefficient (Wildman–Crippen LogP) is 2.65. The molecule has 6 nitrogen and oxygen atoms in total. The van der Waals surface area contributed by atoms with Crippen molar-refractivity contribution >= 4 is 29.0 Å². The van der Waals surface area contributed by atoms with Crippen LogP contribution in [0.5, 0.6) is 0 Å². The van der Waals surface area contributed by atoms with Gasteiger partial charge in [0.2, 0.25) is 0 Å². The number of hydrogen-bond donors (Lipinski definition) is 2. The molecular formula is C14H19N3O3S. The Kier molecular flexibility index (Phi) is 4.72. The lowest BCUT2D eigenvalue weighted by atomic mass is 9.84. The van der Waals surface area contributed by atoms with Crippen LogP contribution in [-0.2, 0) is 0 Å². The second kappa shape index (κ2) is 6.34. The lowest BCUT2D eigenvalue weighted by molar-refractivity contribution is -0.384. The summed E-state index contributed by atoms with van der Waals surface area (Å²) in [6.07, 6.45) is 5.44. The minimum Gasteiger partial charge on any atom is -0.382 e. The van der Waals surface area contributed by atoms with E-state index in [0.29, 0.717) is 12.1 Å². The fourth-order valence-electron chi connectivity index (χ4n) is 2.51. The summed E-state index contributed by atoms with van der Waals surface area (Å²) in [5, 5.41) is 16.7. The first-order valence-corrected chi connectivity index (χ1v) is 8.04. The van der Waals surface area contributed by atoms with E-state index in [1.165, 1.54) is 18.6 Å². The minimum absolute atomic E-state index is 0.0895. The number of amides is 1. The van der Waals surface area contributed by atoms with Gasteiger partial charge in [-0.3, -0.25) is 14.9 Å². The summed E-state index contributed by atoms with van der Waals surface area (Å²) in [6.45, 7) is 0.596. The van der Waals surface area contributed by atoms with Crippen LogP contribution >= 0.6 is 11.8 Å². The molecule has 1 amide bonds. The lowest BCUT2D eigenvalue weighted by Crippen LogP contribution is -2.45. The summed E-state index contributed by atoms with van der Waals surface area (Å²) in [5.41, 5.74) is 0.475. The van der Waals surface area contributed by atoms with Crippen LogP contribution < -0.4 is 10.6 Å². The Morgan fingerprint density at radius 3 is 2.67 bits per heavy atom. The number of rotatable bonds is 6. The van der Waals surface area contributed by atoms with Crippen molar-refractivity contribution < 1.29 is 9.72 Å². The SMILES string of the molecule is CNc1c(C(=O)NCC2(SC)CCC2)cccc1[N+](=O)[O-]. The molecule has 7 heteroatoms. The molecule has 0 atom stereocenters. The Morgan fingerprint density at radius 1 is 1.48 bits per heavy atom. The largest absolute Gasteiger partial charge is 0.382 e. The van der Waals surface area contributed by atoms with Crippen molar-refractivity contribution in [3.8, 4) is 0 Å². The van der Waals surface area contributed by atoms with Crippen molar-refractivity contribution in [1.29, 1.82) is 0 Å². The zero-order valence-corrected chi connectivity index (χ0v) is 13.0. The first kappa shape index (κ1) is 15.6. The molecule has 0 bridgehead atoms. The van der Waals surface area contributed by atoms with Gasteiger partial charge in [-0.05, 0) is 25.2 Å². The van der Waals surface area contributed by atoms with Crippen molar-refractivity contribution in [2.24, 2.45) is 0 Å². The topological polar surface area (TPSA) is 84.3 Å². The van der Waals surface area contributed by atoms with Gasteiger partial charge >= 0.3 is 0 Å². The molecule has 0 radical (unpaired) electrons. The summed E-state index contributed by atoms with van der Waals surface area (Å²) in [6, 6.07) is 4.51. The molecule has 0 heterocycles. The smallest absolute Gasteiger partial charge is 0.293 e. The number of hydrogen-bond acceptors (Lipinski definition) is 5. The van der Waals surface area contributed by atoms with Crippen LogP contribution in [-0.4, -0.2) is 35.4 Å². The zero-order chi connectivity index (χ0) is 15.5. The number of para-hydroxylation sites is 1. The van der Waals surface area contributed by atoms with Crippen LogP contribution in [0.15, 0.2) is 18.2 Å². The minimum atomic E-state index is -0.488. The molecule has 0 unspecified atom stereocenters. The standard InChI is InChI=1S/C14H19N3O3S/c1-15-12-10(5-3-6-11(12)17(19)20)13(18)16-9-14(21-2)7-4-8-14/h3,5-6,15H,4,7-9H2,1-2H3,(H,16,18). The Labute approximate surface area is 127 Å². The van der Waals surface area contributed by atoms with Crippen LogP contribution in [0.2, 0.25) is 0 Å². The molecule has 1 aromatic rings. The van der Waals surface area contributed by atoms with Gasteiger partial charge in [-0.1, -0.05) is 12.5 Å². The Bertz CT molecular complexity index is 553. The molecule has 1 aromatic carbocycles. The van der Waals surface area contributed by atoms with Gasteiger partial charge in [0.05, 0.1) is 10.5 Å². The third-order valence-corrected chi connectivity index (χ3v) is 5.42. The van der Waals surface area contributed by atoms with E-state index >= 15 is 0 Å². The number of nitrogens with zero attached hydrogens (tertiary/aromatic N) is 1. The molecule has 114 valence electrons. The number of nitrogens with one attached hydrogen (secondary N) is 2. The van der Waals surface area contributed by atoms with Gasteiger partial charge in [0, 0.05) is 24.4 Å². The summed E-state index contributed by atoms with van der Waals surface area (Å²) in [7, 11) is 1.58. The summed E-state index contributed by atoms with van der Waals surface area (Å²) in [5.74, 6) is -0.275. The summed E-state index contributed by atoms with van der Waals surface area (Å²) in [4.78, 5) is 22.8. The summed E-state index contributed by atoms with van der Waals surface area (Å²) >= 11 is 1.78. The Hall–Kier alpha value is -1.76. The lowest BCUT2D eigenvalue weighted by Gasteiger charge is -2.40. The number of nitro groups is 1. The maximum atomic E-state index is 12.3. The van der Waals surface area contributed by atoms with Crippen LogP contribution in [0.1, 0.15) is 29.6 Å². The zero-order valence-electron chi connectivity index (χ0n) is 12.1. The number of benzene rings is 1. The molecule has 0 aromatic heterocycles. The highest BCUT2D eigenvalue weighted by Crippen LogP contribution is 2.42. The highest BCUT2D eigenvalue weighted by Gasteiger charge is 2.36. The van der Waals surface area contributed by atoms with Crippen molar-refractivity contribution in [2.75, 3.05) is 25.2 Å². The Morgan fingerprint density at radius 2 is 2.19 bits per heavy atom. The van der Waals surface area contributed by atoms with Gasteiger partial charge in [0.15, 0.2) is 0 Å². The molecule has 0 spiro atoms. The first-order valence-electron chi connectivity index (χ1n) is 6.81. The van der Waals surface area contributed by atoms with Gasteiger partial charge in [-0.25, -0.2) is 0 Å². The van der Waals surface area contributed by atoms with Gasteiger partial charge in [-0.15, -0.1) is 0 Å². The van der Waals surface area contributed by atoms with E-state index in [-0.39, 0.29) is 22.0 Å². The fourth-order valence-corrected chi connectivity index (χ4v) is 3.42. The van der Waals surface area contributed by atoms with E-state index in [0.717, 1.165) is 12.8 Å². The molecule has 0 aliphatic heterocycles. The molecular weight excluding hydrogens is 290 g/mol. The third kappa shape index (κ3) is 3.12. The van der Waals surface area contributed by atoms with Crippen molar-refractivity contribution in [3.05, 3.63) is 33.9 Å². The van der Waals surface area contributed by atoms with E-state index in [4.69, 9.17) is 0 Å².